The third-order valence-corrected chi connectivity index (χ3v) is 2.61. The Kier molecular flexibility index (Phi) is 8.01. The van der Waals surface area contributed by atoms with Crippen molar-refractivity contribution in [1.82, 2.24) is 5.32 Å². The van der Waals surface area contributed by atoms with E-state index in [1.54, 1.807) is 25.6 Å². The Labute approximate surface area is 100 Å². The van der Waals surface area contributed by atoms with E-state index in [-0.39, 0.29) is 5.91 Å². The van der Waals surface area contributed by atoms with Crippen LogP contribution in [0.5, 0.6) is 0 Å². The van der Waals surface area contributed by atoms with Gasteiger partial charge in [-0.2, -0.15) is 11.8 Å². The van der Waals surface area contributed by atoms with Gasteiger partial charge in [-0.05, 0) is 32.3 Å². The number of hydrogen-bond donors (Lipinski definition) is 2. The number of nitrogens with one attached hydrogen (secondary N) is 1. The van der Waals surface area contributed by atoms with Gasteiger partial charge in [-0.15, -0.1) is 0 Å². The Balaban J connectivity index is 3.97. The van der Waals surface area contributed by atoms with Gasteiger partial charge in [0, 0.05) is 0 Å². The third kappa shape index (κ3) is 5.97. The summed E-state index contributed by atoms with van der Waals surface area (Å²) in [5, 5.41) is 2.53. The van der Waals surface area contributed by atoms with E-state index >= 15 is 0 Å². The fourth-order valence-electron chi connectivity index (χ4n) is 1.02. The van der Waals surface area contributed by atoms with Gasteiger partial charge in [0.05, 0.1) is 12.6 Å². The normalized spacial score (nSPS) is 14.0. The fourth-order valence-corrected chi connectivity index (χ4v) is 1.51. The van der Waals surface area contributed by atoms with Gasteiger partial charge in [0.15, 0.2) is 0 Å². The van der Waals surface area contributed by atoms with Gasteiger partial charge in [-0.25, -0.2) is 4.79 Å². The number of amides is 1. The molecule has 0 spiro atoms. The lowest BCUT2D eigenvalue weighted by atomic mass is 10.2. The van der Waals surface area contributed by atoms with E-state index in [4.69, 9.17) is 10.5 Å². The van der Waals surface area contributed by atoms with Crippen molar-refractivity contribution >= 4 is 23.6 Å². The predicted molar refractivity (Wildman–Crippen MR) is 65.2 cm³/mol. The van der Waals surface area contributed by atoms with Crippen molar-refractivity contribution < 1.29 is 14.3 Å². The summed E-state index contributed by atoms with van der Waals surface area (Å²) < 4.78 is 4.77. The maximum absolute atomic E-state index is 11.5. The second-order valence-electron chi connectivity index (χ2n) is 3.37. The van der Waals surface area contributed by atoms with E-state index in [0.717, 1.165) is 5.75 Å². The summed E-state index contributed by atoms with van der Waals surface area (Å²) in [5.74, 6) is 0.0741. The molecule has 0 aliphatic heterocycles. The van der Waals surface area contributed by atoms with E-state index < -0.39 is 18.1 Å². The average Bonchev–Trinajstić information content (AvgIpc) is 2.25. The molecule has 5 nitrogen and oxygen atoms in total. The van der Waals surface area contributed by atoms with Crippen molar-refractivity contribution in [2.24, 2.45) is 5.73 Å². The first kappa shape index (κ1) is 15.2. The number of thioether (sulfide) groups is 1. The van der Waals surface area contributed by atoms with E-state index in [1.807, 2.05) is 6.26 Å². The minimum Gasteiger partial charge on any atom is -0.464 e. The Morgan fingerprint density at radius 3 is 2.62 bits per heavy atom. The van der Waals surface area contributed by atoms with E-state index in [9.17, 15) is 9.59 Å². The molecule has 0 rings (SSSR count). The van der Waals surface area contributed by atoms with Crippen LogP contribution < -0.4 is 11.1 Å². The van der Waals surface area contributed by atoms with Crippen LogP contribution in [-0.2, 0) is 14.3 Å². The van der Waals surface area contributed by atoms with Crippen LogP contribution in [-0.4, -0.2) is 42.6 Å². The monoisotopic (exact) mass is 248 g/mol. The zero-order valence-corrected chi connectivity index (χ0v) is 10.8. The molecule has 0 heterocycles. The van der Waals surface area contributed by atoms with Crippen molar-refractivity contribution in [3.05, 3.63) is 0 Å². The van der Waals surface area contributed by atoms with Crippen LogP contribution in [0.4, 0.5) is 0 Å². The summed E-state index contributed by atoms with van der Waals surface area (Å²) in [5.41, 5.74) is 5.65. The number of nitrogens with two attached hydrogens (primary N) is 1. The molecule has 0 aromatic heterocycles. The SMILES string of the molecule is CCOC(=O)C(C)NC(=O)[C@H](N)CCSC. The first-order valence-corrected chi connectivity index (χ1v) is 6.63. The fraction of sp³-hybridized carbons (Fsp3) is 0.800. The van der Waals surface area contributed by atoms with Gasteiger partial charge in [-0.1, -0.05) is 0 Å². The minimum atomic E-state index is -0.646. The zero-order chi connectivity index (χ0) is 12.6. The molecule has 6 heteroatoms. The number of ether oxygens (including phenoxy) is 1. The number of hydrogen-bond acceptors (Lipinski definition) is 5. The Bertz CT molecular complexity index is 236. The number of carbonyl (C=O) groups excluding carboxylic acids is 2. The molecular formula is C10H20N2O3S. The Hall–Kier alpha value is -0.750. The second kappa shape index (κ2) is 8.41. The number of esters is 1. The lowest BCUT2D eigenvalue weighted by Crippen LogP contribution is -2.47. The number of carbonyl (C=O) groups is 2. The molecular weight excluding hydrogens is 228 g/mol. The van der Waals surface area contributed by atoms with E-state index in [2.05, 4.69) is 5.32 Å². The van der Waals surface area contributed by atoms with Crippen LogP contribution in [0.25, 0.3) is 0 Å². The van der Waals surface area contributed by atoms with E-state index in [0.29, 0.717) is 13.0 Å². The molecule has 0 saturated carbocycles. The van der Waals surface area contributed by atoms with Crippen molar-refractivity contribution in [2.45, 2.75) is 32.4 Å². The predicted octanol–water partition coefficient (Wildman–Crippen LogP) is 0.135. The molecule has 2 atom stereocenters. The molecule has 0 fully saturated rings. The smallest absolute Gasteiger partial charge is 0.328 e. The Morgan fingerprint density at radius 1 is 1.50 bits per heavy atom. The molecule has 0 radical (unpaired) electrons. The van der Waals surface area contributed by atoms with Crippen LogP contribution in [0.2, 0.25) is 0 Å². The summed E-state index contributed by atoms with van der Waals surface area (Å²) in [6, 6.07) is -1.21. The van der Waals surface area contributed by atoms with Gasteiger partial charge in [-0.3, -0.25) is 4.79 Å². The molecule has 0 saturated heterocycles. The minimum absolute atomic E-state index is 0.303. The van der Waals surface area contributed by atoms with Crippen LogP contribution in [0.15, 0.2) is 0 Å². The first-order valence-electron chi connectivity index (χ1n) is 5.24. The lowest BCUT2D eigenvalue weighted by Gasteiger charge is -2.16. The number of rotatable bonds is 7. The molecule has 0 bridgehead atoms. The maximum Gasteiger partial charge on any atom is 0.328 e. The first-order chi connectivity index (χ1) is 7.52. The highest BCUT2D eigenvalue weighted by Gasteiger charge is 2.20. The molecule has 0 aliphatic rings. The summed E-state index contributed by atoms with van der Waals surface area (Å²) in [6.07, 6.45) is 2.55. The Morgan fingerprint density at radius 2 is 2.12 bits per heavy atom. The van der Waals surface area contributed by atoms with Gasteiger partial charge in [0.1, 0.15) is 6.04 Å². The molecule has 0 aromatic carbocycles. The molecule has 0 aliphatic carbocycles. The summed E-state index contributed by atoms with van der Waals surface area (Å²) in [6.45, 7) is 3.60. The van der Waals surface area contributed by atoms with Crippen LogP contribution >= 0.6 is 11.8 Å². The third-order valence-electron chi connectivity index (χ3n) is 1.97. The quantitative estimate of drug-likeness (QED) is 0.626. The van der Waals surface area contributed by atoms with Crippen LogP contribution in [0.1, 0.15) is 20.3 Å². The second-order valence-corrected chi connectivity index (χ2v) is 4.36. The van der Waals surface area contributed by atoms with Crippen molar-refractivity contribution in [3.8, 4) is 0 Å². The van der Waals surface area contributed by atoms with Crippen LogP contribution in [0, 0.1) is 0 Å². The highest BCUT2D eigenvalue weighted by Crippen LogP contribution is 1.99. The van der Waals surface area contributed by atoms with Crippen molar-refractivity contribution in [3.63, 3.8) is 0 Å². The van der Waals surface area contributed by atoms with Crippen LogP contribution in [0.3, 0.4) is 0 Å². The van der Waals surface area contributed by atoms with Gasteiger partial charge in [0.2, 0.25) is 5.91 Å². The van der Waals surface area contributed by atoms with Crippen molar-refractivity contribution in [2.75, 3.05) is 18.6 Å². The average molecular weight is 248 g/mol. The molecule has 1 unspecified atom stereocenters. The standard InChI is InChI=1S/C10H20N2O3S/c1-4-15-10(14)7(2)12-9(13)8(11)5-6-16-3/h7-8H,4-6,11H2,1-3H3,(H,12,13)/t7?,8-/m1/s1. The topological polar surface area (TPSA) is 81.4 Å². The summed E-state index contributed by atoms with van der Waals surface area (Å²) >= 11 is 1.63. The maximum atomic E-state index is 11.5. The zero-order valence-electron chi connectivity index (χ0n) is 9.99. The summed E-state index contributed by atoms with van der Waals surface area (Å²) in [4.78, 5) is 22.7. The lowest BCUT2D eigenvalue weighted by molar-refractivity contribution is -0.147. The van der Waals surface area contributed by atoms with Gasteiger partial charge >= 0.3 is 5.97 Å². The summed E-state index contributed by atoms with van der Waals surface area (Å²) in [7, 11) is 0. The van der Waals surface area contributed by atoms with Gasteiger partial charge in [0.25, 0.3) is 0 Å². The highest BCUT2D eigenvalue weighted by atomic mass is 32.2. The molecule has 0 aromatic rings. The molecule has 1 amide bonds. The highest BCUT2D eigenvalue weighted by molar-refractivity contribution is 7.98. The van der Waals surface area contributed by atoms with Crippen molar-refractivity contribution in [1.29, 1.82) is 0 Å². The molecule has 16 heavy (non-hydrogen) atoms. The van der Waals surface area contributed by atoms with E-state index in [1.165, 1.54) is 0 Å². The largest absolute Gasteiger partial charge is 0.464 e. The molecule has 3 N–H and O–H groups in total. The van der Waals surface area contributed by atoms with Gasteiger partial charge < -0.3 is 15.8 Å². The molecule has 94 valence electrons.